The second-order valence-corrected chi connectivity index (χ2v) is 10.8. The van der Waals surface area contributed by atoms with Gasteiger partial charge in [0.15, 0.2) is 0 Å². The number of hydrogen-bond acceptors (Lipinski definition) is 5. The van der Waals surface area contributed by atoms with E-state index < -0.39 is 17.6 Å². The van der Waals surface area contributed by atoms with E-state index in [9.17, 15) is 22.4 Å². The van der Waals surface area contributed by atoms with Crippen LogP contribution in [-0.2, 0) is 17.3 Å². The first-order valence-corrected chi connectivity index (χ1v) is 13.3. The normalized spacial score (nSPS) is 20.1. The van der Waals surface area contributed by atoms with E-state index in [1.807, 2.05) is 0 Å². The minimum absolute atomic E-state index is 0.0365. The lowest BCUT2D eigenvalue weighted by atomic mass is 10.00. The Balaban J connectivity index is 1.50. The Morgan fingerprint density at radius 3 is 2.48 bits per heavy atom. The van der Waals surface area contributed by atoms with E-state index in [-0.39, 0.29) is 28.7 Å². The Kier molecular flexibility index (Phi) is 9.39. The molecule has 2 aliphatic rings. The van der Waals surface area contributed by atoms with Gasteiger partial charge in [0.1, 0.15) is 11.6 Å². The van der Waals surface area contributed by atoms with Crippen LogP contribution in [0.1, 0.15) is 35.3 Å². The van der Waals surface area contributed by atoms with Crippen molar-refractivity contribution in [2.24, 2.45) is 0 Å². The topological polar surface area (TPSA) is 45.2 Å². The van der Waals surface area contributed by atoms with E-state index in [2.05, 4.69) is 35.5 Å². The molecule has 2 aromatic carbocycles. The molecule has 0 saturated carbocycles. The standard InChI is InChI=1S/C30H35F4N3O3/c1-29(2)21-40-15-14-36(29)11-5-4-10-35-12-13-37(26(20-35)16-22-6-8-25(31)9-7-22)28(38)23-17-24(30(32,33)34)19-27(18-23)39-3/h6-9,17-19,26H,10-16,20-21H2,1-3H3/t26-/m1/s1. The van der Waals surface area contributed by atoms with Gasteiger partial charge >= 0.3 is 6.18 Å². The van der Waals surface area contributed by atoms with Crippen LogP contribution in [0.2, 0.25) is 0 Å². The number of rotatable bonds is 6. The van der Waals surface area contributed by atoms with Crippen molar-refractivity contribution in [2.75, 3.05) is 59.6 Å². The maximum Gasteiger partial charge on any atom is 0.416 e. The van der Waals surface area contributed by atoms with Crippen LogP contribution in [-0.4, -0.2) is 91.8 Å². The van der Waals surface area contributed by atoms with E-state index >= 15 is 0 Å². The zero-order valence-corrected chi connectivity index (χ0v) is 23.1. The molecule has 2 saturated heterocycles. The summed E-state index contributed by atoms with van der Waals surface area (Å²) in [5.74, 6) is 5.60. The van der Waals surface area contributed by atoms with Crippen molar-refractivity contribution in [1.82, 2.24) is 14.7 Å². The number of hydrogen-bond donors (Lipinski definition) is 0. The zero-order valence-electron chi connectivity index (χ0n) is 23.1. The molecule has 0 radical (unpaired) electrons. The SMILES string of the molecule is COc1cc(C(=O)N2CCN(CC#CCN3CCOCC3(C)C)C[C@H]2Cc2ccc(F)cc2)cc(C(F)(F)F)c1. The number of nitrogens with zero attached hydrogens (tertiary/aromatic N) is 3. The van der Waals surface area contributed by atoms with Gasteiger partial charge in [-0.25, -0.2) is 4.39 Å². The highest BCUT2D eigenvalue weighted by Gasteiger charge is 2.35. The number of alkyl halides is 3. The average molecular weight is 562 g/mol. The van der Waals surface area contributed by atoms with Crippen LogP contribution in [0.5, 0.6) is 5.75 Å². The van der Waals surface area contributed by atoms with Gasteiger partial charge in [0.05, 0.1) is 39.0 Å². The fourth-order valence-corrected chi connectivity index (χ4v) is 5.07. The number of piperazine rings is 1. The molecule has 4 rings (SSSR count). The number of carbonyl (C=O) groups is 1. The number of ether oxygens (including phenoxy) is 2. The van der Waals surface area contributed by atoms with Crippen LogP contribution in [0.25, 0.3) is 0 Å². The first-order valence-electron chi connectivity index (χ1n) is 13.3. The van der Waals surface area contributed by atoms with Gasteiger partial charge in [-0.15, -0.1) is 0 Å². The summed E-state index contributed by atoms with van der Waals surface area (Å²) in [6, 6.07) is 8.77. The highest BCUT2D eigenvalue weighted by Crippen LogP contribution is 2.33. The van der Waals surface area contributed by atoms with E-state index in [0.717, 1.165) is 24.2 Å². The van der Waals surface area contributed by atoms with Crippen molar-refractivity contribution in [3.05, 3.63) is 65.0 Å². The van der Waals surface area contributed by atoms with Gasteiger partial charge in [0.25, 0.3) is 5.91 Å². The molecule has 216 valence electrons. The first-order chi connectivity index (χ1) is 19.0. The van der Waals surface area contributed by atoms with E-state index in [1.54, 1.807) is 17.0 Å². The third kappa shape index (κ3) is 7.53. The molecule has 0 bridgehead atoms. The quantitative estimate of drug-likeness (QED) is 0.388. The van der Waals surface area contributed by atoms with E-state index in [4.69, 9.17) is 9.47 Å². The molecule has 2 aromatic rings. The molecule has 10 heteroatoms. The van der Waals surface area contributed by atoms with Crippen LogP contribution in [0.3, 0.4) is 0 Å². The van der Waals surface area contributed by atoms with Gasteiger partial charge in [-0.3, -0.25) is 14.6 Å². The molecule has 2 fully saturated rings. The van der Waals surface area contributed by atoms with Crippen LogP contribution in [0.4, 0.5) is 17.6 Å². The summed E-state index contributed by atoms with van der Waals surface area (Å²) < 4.78 is 64.7. The summed E-state index contributed by atoms with van der Waals surface area (Å²) in [7, 11) is 1.26. The van der Waals surface area contributed by atoms with Gasteiger partial charge in [-0.2, -0.15) is 13.2 Å². The predicted octanol–water partition coefficient (Wildman–Crippen LogP) is 4.34. The first kappa shape index (κ1) is 29.8. The molecule has 6 nitrogen and oxygen atoms in total. The molecule has 0 N–H and O–H groups in total. The van der Waals surface area contributed by atoms with Gasteiger partial charge in [0.2, 0.25) is 0 Å². The molecule has 40 heavy (non-hydrogen) atoms. The number of carbonyl (C=O) groups excluding carboxylic acids is 1. The Morgan fingerprint density at radius 1 is 1.07 bits per heavy atom. The number of benzene rings is 2. The molecule has 0 spiro atoms. The van der Waals surface area contributed by atoms with Gasteiger partial charge < -0.3 is 14.4 Å². The maximum atomic E-state index is 13.6. The van der Waals surface area contributed by atoms with Gasteiger partial charge in [-0.1, -0.05) is 24.0 Å². The Hall–Kier alpha value is -3.13. The number of methoxy groups -OCH3 is 1. The smallest absolute Gasteiger partial charge is 0.416 e. The fraction of sp³-hybridized carbons (Fsp3) is 0.500. The summed E-state index contributed by atoms with van der Waals surface area (Å²) in [5.41, 5.74) is -0.279. The summed E-state index contributed by atoms with van der Waals surface area (Å²) >= 11 is 0. The van der Waals surface area contributed by atoms with Crippen molar-refractivity contribution < 1.29 is 31.8 Å². The molecule has 0 aliphatic carbocycles. The monoisotopic (exact) mass is 561 g/mol. The van der Waals surface area contributed by atoms with E-state index in [0.29, 0.717) is 52.4 Å². The molecular weight excluding hydrogens is 526 g/mol. The van der Waals surface area contributed by atoms with Crippen molar-refractivity contribution in [3.8, 4) is 17.6 Å². The number of halogens is 4. The lowest BCUT2D eigenvalue weighted by Crippen LogP contribution is -2.56. The molecule has 2 aliphatic heterocycles. The summed E-state index contributed by atoms with van der Waals surface area (Å²) in [6.07, 6.45) is -4.20. The van der Waals surface area contributed by atoms with Crippen LogP contribution < -0.4 is 4.74 Å². The molecule has 0 unspecified atom stereocenters. The molecule has 1 amide bonds. The minimum Gasteiger partial charge on any atom is -0.497 e. The lowest BCUT2D eigenvalue weighted by molar-refractivity contribution is -0.137. The van der Waals surface area contributed by atoms with Crippen LogP contribution in [0.15, 0.2) is 42.5 Å². The average Bonchev–Trinajstić information content (AvgIpc) is 2.92. The largest absolute Gasteiger partial charge is 0.497 e. The molecular formula is C30H35F4N3O3. The van der Waals surface area contributed by atoms with Crippen molar-refractivity contribution in [1.29, 1.82) is 0 Å². The Morgan fingerprint density at radius 2 is 1.80 bits per heavy atom. The highest BCUT2D eigenvalue weighted by molar-refractivity contribution is 5.95. The Bertz CT molecular complexity index is 1240. The van der Waals surface area contributed by atoms with Crippen molar-refractivity contribution in [2.45, 2.75) is 38.0 Å². The van der Waals surface area contributed by atoms with Gasteiger partial charge in [-0.05, 0) is 56.2 Å². The zero-order chi connectivity index (χ0) is 28.9. The Labute approximate surface area is 232 Å². The summed E-state index contributed by atoms with van der Waals surface area (Å²) in [4.78, 5) is 19.6. The number of amides is 1. The van der Waals surface area contributed by atoms with Gasteiger partial charge in [0, 0.05) is 43.3 Å². The maximum absolute atomic E-state index is 13.6. The molecule has 2 heterocycles. The molecule has 0 aromatic heterocycles. The number of morpholine rings is 1. The molecule has 1 atom stereocenters. The fourth-order valence-electron chi connectivity index (χ4n) is 5.07. The summed E-state index contributed by atoms with van der Waals surface area (Å²) in [5, 5.41) is 0. The van der Waals surface area contributed by atoms with Crippen LogP contribution >= 0.6 is 0 Å². The minimum atomic E-state index is -4.62. The second kappa shape index (κ2) is 12.6. The summed E-state index contributed by atoms with van der Waals surface area (Å²) in [6.45, 7) is 8.89. The second-order valence-electron chi connectivity index (χ2n) is 10.8. The third-order valence-electron chi connectivity index (χ3n) is 7.44. The lowest BCUT2D eigenvalue weighted by Gasteiger charge is -2.41. The van der Waals surface area contributed by atoms with Crippen LogP contribution in [0, 0.1) is 17.7 Å². The third-order valence-corrected chi connectivity index (χ3v) is 7.44. The van der Waals surface area contributed by atoms with E-state index in [1.165, 1.54) is 25.3 Å². The van der Waals surface area contributed by atoms with Crippen molar-refractivity contribution in [3.63, 3.8) is 0 Å². The predicted molar refractivity (Wildman–Crippen MR) is 144 cm³/mol. The van der Waals surface area contributed by atoms with Crippen molar-refractivity contribution >= 4 is 5.91 Å². The highest BCUT2D eigenvalue weighted by atomic mass is 19.4.